The van der Waals surface area contributed by atoms with Crippen LogP contribution in [0.2, 0.25) is 0 Å². The van der Waals surface area contributed by atoms with E-state index in [1.165, 1.54) is 28.2 Å². The molecule has 3 aromatic carbocycles. The van der Waals surface area contributed by atoms with E-state index in [-0.39, 0.29) is 10.8 Å². The molecule has 4 heterocycles. The SMILES string of the molecule is CC(C)(C)c1ccnc(Oc2cccc(Oc3cccc([N@@+]45[CH-][N@@+](C)(C4)c4ccc(C(C)(C)C)cc45)c3)c2)c1. The highest BCUT2D eigenvalue weighted by atomic mass is 16.5. The van der Waals surface area contributed by atoms with Gasteiger partial charge in [0, 0.05) is 36.5 Å². The third-order valence-electron chi connectivity index (χ3n) is 7.93. The van der Waals surface area contributed by atoms with Gasteiger partial charge in [0.05, 0.1) is 13.7 Å². The highest BCUT2D eigenvalue weighted by Crippen LogP contribution is 2.61. The zero-order valence-corrected chi connectivity index (χ0v) is 24.0. The van der Waals surface area contributed by atoms with E-state index in [0.29, 0.717) is 11.6 Å². The second kappa shape index (κ2) is 8.67. The van der Waals surface area contributed by atoms with Crippen LogP contribution >= 0.6 is 0 Å². The minimum absolute atomic E-state index is 0.0252. The molecule has 3 aliphatic heterocycles. The van der Waals surface area contributed by atoms with E-state index < -0.39 is 0 Å². The number of quaternary nitrogens is 2. The molecule has 200 valence electrons. The fourth-order valence-corrected chi connectivity index (χ4v) is 5.77. The lowest BCUT2D eigenvalue weighted by atomic mass is 9.86. The van der Waals surface area contributed by atoms with Crippen LogP contribution in [0.4, 0.5) is 17.1 Å². The summed E-state index contributed by atoms with van der Waals surface area (Å²) in [6.07, 6.45) is 1.80. The molecule has 1 saturated heterocycles. The minimum Gasteiger partial charge on any atom is -0.457 e. The van der Waals surface area contributed by atoms with Gasteiger partial charge < -0.3 is 14.0 Å². The van der Waals surface area contributed by atoms with Crippen molar-refractivity contribution in [3.8, 4) is 23.1 Å². The van der Waals surface area contributed by atoms with Crippen molar-refractivity contribution in [1.29, 1.82) is 0 Å². The van der Waals surface area contributed by atoms with Crippen molar-refractivity contribution >= 4 is 17.1 Å². The normalized spacial score (nSPS) is 21.7. The Morgan fingerprint density at radius 3 is 2.00 bits per heavy atom. The predicted octanol–water partition coefficient (Wildman–Crippen LogP) is 8.94. The van der Waals surface area contributed by atoms with Gasteiger partial charge in [0.25, 0.3) is 0 Å². The fourth-order valence-electron chi connectivity index (χ4n) is 5.77. The van der Waals surface area contributed by atoms with Crippen LogP contribution in [0, 0.1) is 6.67 Å². The summed E-state index contributed by atoms with van der Waals surface area (Å²) >= 11 is 0. The molecule has 39 heavy (non-hydrogen) atoms. The zero-order valence-electron chi connectivity index (χ0n) is 24.0. The maximum absolute atomic E-state index is 6.36. The number of hydrogen-bond acceptors (Lipinski definition) is 3. The molecule has 4 aromatic rings. The van der Waals surface area contributed by atoms with Crippen molar-refractivity contribution in [2.75, 3.05) is 13.7 Å². The third-order valence-corrected chi connectivity index (χ3v) is 7.93. The highest BCUT2D eigenvalue weighted by molar-refractivity contribution is 5.84. The number of pyridine rings is 1. The Bertz CT molecular complexity index is 1560. The summed E-state index contributed by atoms with van der Waals surface area (Å²) in [5.41, 5.74) is 6.62. The Kier molecular flexibility index (Phi) is 5.69. The summed E-state index contributed by atoms with van der Waals surface area (Å²) in [7, 11) is 2.29. The van der Waals surface area contributed by atoms with Crippen LogP contribution in [0.5, 0.6) is 23.1 Å². The molecule has 0 N–H and O–H groups in total. The topological polar surface area (TPSA) is 31.4 Å². The van der Waals surface area contributed by atoms with Crippen molar-refractivity contribution in [2.24, 2.45) is 0 Å². The number of hydrogen-bond donors (Lipinski definition) is 0. The van der Waals surface area contributed by atoms with Gasteiger partial charge in [-0.1, -0.05) is 59.7 Å². The molecule has 7 rings (SSSR count). The Morgan fingerprint density at radius 2 is 1.31 bits per heavy atom. The first-order valence-corrected chi connectivity index (χ1v) is 13.6. The summed E-state index contributed by atoms with van der Waals surface area (Å²) in [6, 6.07) is 27.3. The Morgan fingerprint density at radius 1 is 0.692 bits per heavy atom. The van der Waals surface area contributed by atoms with Crippen molar-refractivity contribution < 1.29 is 9.47 Å². The molecule has 0 saturated carbocycles. The third kappa shape index (κ3) is 4.50. The Hall–Kier alpha value is -3.67. The number of rotatable bonds is 5. The van der Waals surface area contributed by atoms with E-state index in [9.17, 15) is 0 Å². The molecule has 2 atom stereocenters. The second-order valence-electron chi connectivity index (χ2n) is 13.2. The standard InChI is InChI=1S/C34H38N3O2/c1-33(2,3)24-14-15-30-31(18-24)37(22-36(30,7)23-37)26-10-8-11-27(20-26)38-28-12-9-13-29(21-28)39-32-19-25(16-17-35-32)34(4,5)6/h8-22H,23H2,1-7H3/q+1/t36-,37+/m0/s1. The molecule has 0 radical (unpaired) electrons. The summed E-state index contributed by atoms with van der Waals surface area (Å²) in [4.78, 5) is 4.40. The van der Waals surface area contributed by atoms with Gasteiger partial charge in [-0.3, -0.25) is 4.48 Å². The molecular weight excluding hydrogens is 482 g/mol. The van der Waals surface area contributed by atoms with Crippen LogP contribution in [0.3, 0.4) is 0 Å². The van der Waals surface area contributed by atoms with Gasteiger partial charge >= 0.3 is 0 Å². The molecule has 0 spiro atoms. The first-order chi connectivity index (χ1) is 18.4. The first-order valence-electron chi connectivity index (χ1n) is 13.6. The summed E-state index contributed by atoms with van der Waals surface area (Å²) < 4.78 is 14.1. The smallest absolute Gasteiger partial charge is 0.219 e. The van der Waals surface area contributed by atoms with Gasteiger partial charge in [-0.2, -0.15) is 0 Å². The van der Waals surface area contributed by atoms with Crippen LogP contribution in [-0.2, 0) is 10.8 Å². The van der Waals surface area contributed by atoms with Gasteiger partial charge in [-0.05, 0) is 52.3 Å². The quantitative estimate of drug-likeness (QED) is 0.194. The molecule has 3 aliphatic rings. The van der Waals surface area contributed by atoms with Crippen molar-refractivity contribution in [3.63, 3.8) is 0 Å². The van der Waals surface area contributed by atoms with Gasteiger partial charge in [0.15, 0.2) is 18.0 Å². The first kappa shape index (κ1) is 25.6. The summed E-state index contributed by atoms with van der Waals surface area (Å²) in [5, 5.41) is 0. The maximum Gasteiger partial charge on any atom is 0.219 e. The van der Waals surface area contributed by atoms with Crippen molar-refractivity contribution in [1.82, 2.24) is 14.0 Å². The number of aromatic nitrogens is 1. The molecule has 0 aliphatic carbocycles. The number of benzene rings is 3. The summed E-state index contributed by atoms with van der Waals surface area (Å²) in [5.74, 6) is 2.80. The number of nitrogens with zero attached hydrogens (tertiary/aromatic N) is 3. The fraction of sp³-hybridized carbons (Fsp3) is 0.294. The Balaban J connectivity index is 1.26. The lowest BCUT2D eigenvalue weighted by molar-refractivity contribution is 0.157. The molecule has 0 unspecified atom stereocenters. The van der Waals surface area contributed by atoms with Crippen molar-refractivity contribution in [3.05, 3.63) is 103 Å². The monoisotopic (exact) mass is 520 g/mol. The average molecular weight is 521 g/mol. The van der Waals surface area contributed by atoms with Gasteiger partial charge in [-0.15, -0.1) is 0 Å². The molecule has 1 fully saturated rings. The zero-order chi connectivity index (χ0) is 27.6. The van der Waals surface area contributed by atoms with E-state index in [1.807, 2.05) is 42.5 Å². The second-order valence-corrected chi connectivity index (χ2v) is 13.2. The van der Waals surface area contributed by atoms with Crippen molar-refractivity contribution in [2.45, 2.75) is 52.4 Å². The van der Waals surface area contributed by atoms with Gasteiger partial charge in [0.2, 0.25) is 5.88 Å². The maximum atomic E-state index is 6.36. The van der Waals surface area contributed by atoms with Crippen LogP contribution < -0.4 is 18.4 Å². The van der Waals surface area contributed by atoms with Crippen LogP contribution in [0.15, 0.2) is 85.1 Å². The molecule has 0 amide bonds. The van der Waals surface area contributed by atoms with E-state index in [2.05, 4.69) is 96.6 Å². The van der Waals surface area contributed by atoms with E-state index in [1.54, 1.807) is 6.20 Å². The highest BCUT2D eigenvalue weighted by Gasteiger charge is 2.59. The molecule has 2 bridgehead atoms. The minimum atomic E-state index is 0.0252. The van der Waals surface area contributed by atoms with E-state index in [4.69, 9.17) is 9.47 Å². The van der Waals surface area contributed by atoms with E-state index >= 15 is 0 Å². The van der Waals surface area contributed by atoms with Gasteiger partial charge in [-0.25, -0.2) is 4.98 Å². The molecular formula is C34H38N3O2+. The summed E-state index contributed by atoms with van der Waals surface area (Å²) in [6.45, 7) is 16.8. The average Bonchev–Trinajstić information content (AvgIpc) is 3.26. The molecule has 1 aromatic heterocycles. The Labute approximate surface area is 232 Å². The lowest BCUT2D eigenvalue weighted by Gasteiger charge is -2.54. The van der Waals surface area contributed by atoms with E-state index in [0.717, 1.165) is 27.1 Å². The predicted molar refractivity (Wildman–Crippen MR) is 159 cm³/mol. The van der Waals surface area contributed by atoms with Crippen LogP contribution in [0.25, 0.3) is 0 Å². The van der Waals surface area contributed by atoms with Gasteiger partial charge in [0.1, 0.15) is 22.9 Å². The molecule has 5 heteroatoms. The van der Waals surface area contributed by atoms with Crippen LogP contribution in [-0.4, -0.2) is 18.7 Å². The molecule has 5 nitrogen and oxygen atoms in total. The number of ether oxygens (including phenoxy) is 2. The van der Waals surface area contributed by atoms with Crippen LogP contribution in [0.1, 0.15) is 52.7 Å². The lowest BCUT2D eigenvalue weighted by Crippen LogP contribution is -2.68. The largest absolute Gasteiger partial charge is 0.457 e.